The first-order valence-electron chi connectivity index (χ1n) is 9.63. The molecule has 0 fully saturated rings. The molecule has 1 aromatic rings. The number of esters is 1. The van der Waals surface area contributed by atoms with Gasteiger partial charge in [-0.3, -0.25) is 9.79 Å². The van der Waals surface area contributed by atoms with Crippen LogP contribution in [-0.4, -0.2) is 49.8 Å². The van der Waals surface area contributed by atoms with E-state index in [9.17, 15) is 22.8 Å². The first kappa shape index (κ1) is 25.3. The second-order valence-corrected chi connectivity index (χ2v) is 7.57. The number of halogens is 4. The van der Waals surface area contributed by atoms with Crippen LogP contribution in [0.3, 0.4) is 0 Å². The first-order valence-corrected chi connectivity index (χ1v) is 10.0. The molecule has 1 unspecified atom stereocenters. The first-order chi connectivity index (χ1) is 14.9. The van der Waals surface area contributed by atoms with Crippen LogP contribution in [0.1, 0.15) is 30.4 Å². The lowest BCUT2D eigenvalue weighted by molar-refractivity contribution is -0.185. The number of unbranched alkanes of at least 4 members (excludes halogenated alkanes) is 1. The molecule has 12 heteroatoms. The summed E-state index contributed by atoms with van der Waals surface area (Å²) in [6.07, 6.45) is -5.29. The van der Waals surface area contributed by atoms with E-state index in [2.05, 4.69) is 15.0 Å². The number of aliphatic imine (C=N–C) groups is 1. The number of carbonyl (C=O) groups excluding carboxylic acids is 2. The summed E-state index contributed by atoms with van der Waals surface area (Å²) in [6.45, 7) is 1.85. The molecule has 0 aliphatic carbocycles. The van der Waals surface area contributed by atoms with Gasteiger partial charge in [-0.2, -0.15) is 13.2 Å². The molecule has 1 aliphatic heterocycles. The molecule has 0 radical (unpaired) electrons. The third-order valence-electron chi connectivity index (χ3n) is 4.64. The van der Waals surface area contributed by atoms with Crippen LogP contribution in [-0.2, 0) is 14.3 Å². The van der Waals surface area contributed by atoms with Crippen LogP contribution in [0.15, 0.2) is 22.7 Å². The highest BCUT2D eigenvalue weighted by molar-refractivity contribution is 6.30. The topological polar surface area (TPSA) is 129 Å². The number of amides is 1. The number of guanidine groups is 1. The number of carbonyl (C=O) groups is 2. The fourth-order valence-electron chi connectivity index (χ4n) is 3.18. The Morgan fingerprint density at radius 1 is 1.31 bits per heavy atom. The SMILES string of the molecule is COC(=O)C(CCCCN=C(N)N)NC(=O)C1=Cc2cc(Cl)cc(C)c2O[C@@H]1C(F)(F)F. The average molecular weight is 477 g/mol. The molecule has 2 rings (SSSR count). The average Bonchev–Trinajstić information content (AvgIpc) is 2.69. The number of methoxy groups -OCH3 is 1. The number of fused-ring (bicyclic) bond motifs is 1. The normalized spacial score (nSPS) is 16.2. The van der Waals surface area contributed by atoms with E-state index in [1.54, 1.807) is 6.92 Å². The lowest BCUT2D eigenvalue weighted by atomic mass is 9.98. The van der Waals surface area contributed by atoms with E-state index < -0.39 is 35.8 Å². The van der Waals surface area contributed by atoms with Crippen molar-refractivity contribution in [2.75, 3.05) is 13.7 Å². The molecule has 1 aromatic carbocycles. The number of nitrogens with zero attached hydrogens (tertiary/aromatic N) is 1. The summed E-state index contributed by atoms with van der Waals surface area (Å²) in [5, 5.41) is 2.60. The van der Waals surface area contributed by atoms with Crippen molar-refractivity contribution in [1.82, 2.24) is 5.32 Å². The predicted molar refractivity (Wildman–Crippen MR) is 113 cm³/mol. The maximum absolute atomic E-state index is 13.7. The van der Waals surface area contributed by atoms with Crippen molar-refractivity contribution in [3.05, 3.63) is 33.9 Å². The quantitative estimate of drug-likeness (QED) is 0.229. The fraction of sp³-hybridized carbons (Fsp3) is 0.450. The highest BCUT2D eigenvalue weighted by Crippen LogP contribution is 2.40. The number of hydrogen-bond acceptors (Lipinski definition) is 5. The van der Waals surface area contributed by atoms with Crippen molar-refractivity contribution in [2.24, 2.45) is 16.5 Å². The number of rotatable bonds is 8. The minimum atomic E-state index is -4.87. The summed E-state index contributed by atoms with van der Waals surface area (Å²) < 4.78 is 50.8. The van der Waals surface area contributed by atoms with Crippen molar-refractivity contribution in [2.45, 2.75) is 44.5 Å². The van der Waals surface area contributed by atoms with Gasteiger partial charge in [-0.05, 0) is 50.0 Å². The summed E-state index contributed by atoms with van der Waals surface area (Å²) in [7, 11) is 1.11. The number of ether oxygens (including phenoxy) is 2. The van der Waals surface area contributed by atoms with Gasteiger partial charge in [0.1, 0.15) is 11.8 Å². The molecular formula is C20H24ClF3N4O4. The number of aryl methyl sites for hydroxylation is 1. The minimum absolute atomic E-state index is 0.0162. The lowest BCUT2D eigenvalue weighted by Crippen LogP contribution is -2.48. The molecule has 0 saturated heterocycles. The number of nitrogens with two attached hydrogens (primary N) is 2. The second-order valence-electron chi connectivity index (χ2n) is 7.13. The highest BCUT2D eigenvalue weighted by atomic mass is 35.5. The summed E-state index contributed by atoms with van der Waals surface area (Å²) in [5.74, 6) is -1.99. The highest BCUT2D eigenvalue weighted by Gasteiger charge is 2.49. The van der Waals surface area contributed by atoms with Gasteiger partial charge in [-0.1, -0.05) is 11.6 Å². The lowest BCUT2D eigenvalue weighted by Gasteiger charge is -2.30. The van der Waals surface area contributed by atoms with Crippen LogP contribution in [0.4, 0.5) is 13.2 Å². The van der Waals surface area contributed by atoms with Gasteiger partial charge in [0, 0.05) is 17.1 Å². The zero-order valence-corrected chi connectivity index (χ0v) is 18.2. The Labute approximate surface area is 187 Å². The van der Waals surface area contributed by atoms with Crippen LogP contribution >= 0.6 is 11.6 Å². The predicted octanol–water partition coefficient (Wildman–Crippen LogP) is 2.46. The molecule has 1 amide bonds. The van der Waals surface area contributed by atoms with E-state index in [-0.39, 0.29) is 28.7 Å². The van der Waals surface area contributed by atoms with Gasteiger partial charge in [-0.15, -0.1) is 0 Å². The molecule has 176 valence electrons. The number of benzene rings is 1. The van der Waals surface area contributed by atoms with Gasteiger partial charge in [0.15, 0.2) is 5.96 Å². The van der Waals surface area contributed by atoms with E-state index in [1.165, 1.54) is 12.1 Å². The summed E-state index contributed by atoms with van der Waals surface area (Å²) in [6, 6.07) is 1.69. The Bertz CT molecular complexity index is 930. The minimum Gasteiger partial charge on any atom is -0.475 e. The van der Waals surface area contributed by atoms with Gasteiger partial charge >= 0.3 is 12.1 Å². The van der Waals surface area contributed by atoms with Crippen molar-refractivity contribution < 1.29 is 32.2 Å². The molecule has 32 heavy (non-hydrogen) atoms. The maximum Gasteiger partial charge on any atom is 0.429 e. The Balaban J connectivity index is 2.26. The molecule has 0 bridgehead atoms. The van der Waals surface area contributed by atoms with Crippen molar-refractivity contribution >= 4 is 35.5 Å². The molecule has 0 aromatic heterocycles. The van der Waals surface area contributed by atoms with E-state index in [4.69, 9.17) is 27.8 Å². The molecule has 5 N–H and O–H groups in total. The Hall–Kier alpha value is -2.95. The van der Waals surface area contributed by atoms with Gasteiger partial charge in [0.05, 0.1) is 12.7 Å². The van der Waals surface area contributed by atoms with Crippen molar-refractivity contribution in [1.29, 1.82) is 0 Å². The zero-order chi connectivity index (χ0) is 24.1. The largest absolute Gasteiger partial charge is 0.475 e. The zero-order valence-electron chi connectivity index (χ0n) is 17.5. The standard InChI is InChI=1S/C20H24ClF3N4O4/c1-10-7-12(21)8-11-9-13(16(20(22,23)24)32-15(10)11)17(29)28-14(18(30)31-2)5-3-4-6-27-19(25)26/h7-9,14,16H,3-6H2,1-2H3,(H,28,29)(H4,25,26,27)/t14?,16-/m0/s1. The van der Waals surface area contributed by atoms with Crippen LogP contribution in [0.2, 0.25) is 5.02 Å². The third-order valence-corrected chi connectivity index (χ3v) is 4.86. The van der Waals surface area contributed by atoms with Crippen molar-refractivity contribution in [3.63, 3.8) is 0 Å². The Kier molecular flexibility index (Phi) is 8.37. The molecule has 8 nitrogen and oxygen atoms in total. The molecule has 1 aliphatic rings. The summed E-state index contributed by atoms with van der Waals surface area (Å²) in [5.41, 5.74) is 10.4. The molecule has 2 atom stereocenters. The van der Waals surface area contributed by atoms with Crippen LogP contribution in [0, 0.1) is 6.92 Å². The van der Waals surface area contributed by atoms with E-state index in [0.717, 1.165) is 13.2 Å². The van der Waals surface area contributed by atoms with Gasteiger partial charge in [0.25, 0.3) is 5.91 Å². The molecular weight excluding hydrogens is 453 g/mol. The van der Waals surface area contributed by atoms with Crippen LogP contribution in [0.25, 0.3) is 6.08 Å². The van der Waals surface area contributed by atoms with E-state index >= 15 is 0 Å². The number of nitrogens with one attached hydrogen (secondary N) is 1. The maximum atomic E-state index is 13.7. The van der Waals surface area contributed by atoms with E-state index in [0.29, 0.717) is 24.9 Å². The van der Waals surface area contributed by atoms with Gasteiger partial charge in [-0.25, -0.2) is 4.79 Å². The smallest absolute Gasteiger partial charge is 0.429 e. The second kappa shape index (κ2) is 10.6. The molecule has 1 heterocycles. The summed E-state index contributed by atoms with van der Waals surface area (Å²) in [4.78, 5) is 28.7. The molecule has 0 saturated carbocycles. The van der Waals surface area contributed by atoms with Crippen LogP contribution in [0.5, 0.6) is 5.75 Å². The Morgan fingerprint density at radius 2 is 2.00 bits per heavy atom. The monoisotopic (exact) mass is 476 g/mol. The van der Waals surface area contributed by atoms with Crippen LogP contribution < -0.4 is 21.5 Å². The van der Waals surface area contributed by atoms with Gasteiger partial charge < -0.3 is 26.3 Å². The summed E-state index contributed by atoms with van der Waals surface area (Å²) >= 11 is 5.99. The van der Waals surface area contributed by atoms with Gasteiger partial charge in [0.2, 0.25) is 6.10 Å². The van der Waals surface area contributed by atoms with Crippen molar-refractivity contribution in [3.8, 4) is 5.75 Å². The third kappa shape index (κ3) is 6.52. The number of alkyl halides is 3. The fourth-order valence-corrected chi connectivity index (χ4v) is 3.46. The Morgan fingerprint density at radius 3 is 2.59 bits per heavy atom. The number of hydrogen-bond donors (Lipinski definition) is 3. The van der Waals surface area contributed by atoms with E-state index in [1.807, 2.05) is 0 Å². The molecule has 0 spiro atoms.